The second-order valence-electron chi connectivity index (χ2n) is 2.13. The van der Waals surface area contributed by atoms with Crippen LogP contribution in [-0.2, 0) is 0 Å². The summed E-state index contributed by atoms with van der Waals surface area (Å²) < 4.78 is 12.7. The van der Waals surface area contributed by atoms with E-state index in [1.165, 1.54) is 6.07 Å². The van der Waals surface area contributed by atoms with Crippen LogP contribution in [0.2, 0.25) is 10.0 Å². The lowest BCUT2D eigenvalue weighted by Crippen LogP contribution is -2.32. The summed E-state index contributed by atoms with van der Waals surface area (Å²) >= 11 is 10.9. The number of hydrogen-bond donors (Lipinski definition) is 2. The highest BCUT2D eigenvalue weighted by atomic mass is 35.5. The van der Waals surface area contributed by atoms with E-state index in [4.69, 9.17) is 33.2 Å². The van der Waals surface area contributed by atoms with Gasteiger partial charge in [0.25, 0.3) is 0 Å². The second kappa shape index (κ2) is 3.62. The standard InChI is InChI=1S/C6H4BCl2FO2/c8-3-1-2-4(10)6(9)5(3)7(11)12/h1-2,11-12H. The van der Waals surface area contributed by atoms with Gasteiger partial charge in [0.2, 0.25) is 0 Å². The van der Waals surface area contributed by atoms with Crippen molar-refractivity contribution in [2.24, 2.45) is 0 Å². The van der Waals surface area contributed by atoms with Gasteiger partial charge in [0, 0.05) is 10.5 Å². The Kier molecular flexibility index (Phi) is 2.96. The van der Waals surface area contributed by atoms with Crippen LogP contribution in [0.5, 0.6) is 0 Å². The zero-order valence-electron chi connectivity index (χ0n) is 5.76. The molecule has 1 rings (SSSR count). The first-order chi connectivity index (χ1) is 5.54. The summed E-state index contributed by atoms with van der Waals surface area (Å²) in [6, 6.07) is 2.26. The van der Waals surface area contributed by atoms with Gasteiger partial charge in [-0.05, 0) is 12.1 Å². The molecule has 0 aliphatic carbocycles. The normalized spacial score (nSPS) is 10.1. The summed E-state index contributed by atoms with van der Waals surface area (Å²) in [5, 5.41) is 17.1. The minimum atomic E-state index is -1.86. The van der Waals surface area contributed by atoms with Crippen molar-refractivity contribution in [3.63, 3.8) is 0 Å². The van der Waals surface area contributed by atoms with Crippen LogP contribution in [0.15, 0.2) is 12.1 Å². The highest BCUT2D eigenvalue weighted by Crippen LogP contribution is 2.17. The lowest BCUT2D eigenvalue weighted by molar-refractivity contribution is 0.425. The minimum Gasteiger partial charge on any atom is -0.423 e. The van der Waals surface area contributed by atoms with Crippen LogP contribution >= 0.6 is 23.2 Å². The molecule has 0 saturated heterocycles. The van der Waals surface area contributed by atoms with Gasteiger partial charge in [-0.15, -0.1) is 0 Å². The molecule has 0 aromatic heterocycles. The van der Waals surface area contributed by atoms with Crippen LogP contribution in [-0.4, -0.2) is 17.2 Å². The van der Waals surface area contributed by atoms with Crippen LogP contribution in [0.25, 0.3) is 0 Å². The van der Waals surface area contributed by atoms with Crippen LogP contribution in [0, 0.1) is 5.82 Å². The van der Waals surface area contributed by atoms with Crippen molar-refractivity contribution < 1.29 is 14.4 Å². The molecule has 1 aromatic carbocycles. The van der Waals surface area contributed by atoms with Gasteiger partial charge in [-0.3, -0.25) is 0 Å². The maximum absolute atomic E-state index is 12.7. The monoisotopic (exact) mass is 208 g/mol. The summed E-state index contributed by atoms with van der Waals surface area (Å²) in [5.74, 6) is -0.732. The fourth-order valence-corrected chi connectivity index (χ4v) is 1.35. The van der Waals surface area contributed by atoms with E-state index < -0.39 is 12.9 Å². The number of benzene rings is 1. The molecule has 0 atom stereocenters. The van der Waals surface area contributed by atoms with Gasteiger partial charge in [0.05, 0.1) is 5.02 Å². The van der Waals surface area contributed by atoms with Crippen LogP contribution in [0.4, 0.5) is 4.39 Å². The minimum absolute atomic E-state index is 0.0244. The van der Waals surface area contributed by atoms with Gasteiger partial charge in [-0.2, -0.15) is 0 Å². The Morgan fingerprint density at radius 1 is 1.25 bits per heavy atom. The summed E-state index contributed by atoms with van der Waals surface area (Å²) in [5.41, 5.74) is -0.210. The van der Waals surface area contributed by atoms with Crippen molar-refractivity contribution in [3.05, 3.63) is 28.0 Å². The molecule has 0 radical (unpaired) electrons. The Morgan fingerprint density at radius 3 is 2.25 bits per heavy atom. The molecule has 6 heteroatoms. The van der Waals surface area contributed by atoms with E-state index in [0.29, 0.717) is 0 Å². The Bertz CT molecular complexity index is 306. The smallest absolute Gasteiger partial charge is 0.423 e. The average molecular weight is 209 g/mol. The van der Waals surface area contributed by atoms with Crippen LogP contribution < -0.4 is 5.46 Å². The summed E-state index contributed by atoms with van der Waals surface area (Å²) in [4.78, 5) is 0. The molecule has 0 aliphatic rings. The molecule has 0 unspecified atom stereocenters. The largest absolute Gasteiger partial charge is 0.491 e. The van der Waals surface area contributed by atoms with Gasteiger partial charge in [-0.25, -0.2) is 4.39 Å². The first-order valence-corrected chi connectivity index (χ1v) is 3.79. The van der Waals surface area contributed by atoms with Crippen LogP contribution in [0.3, 0.4) is 0 Å². The molecule has 64 valence electrons. The lowest BCUT2D eigenvalue weighted by atomic mass is 9.80. The zero-order chi connectivity index (χ0) is 9.30. The number of hydrogen-bond acceptors (Lipinski definition) is 2. The van der Waals surface area contributed by atoms with Crippen LogP contribution in [0.1, 0.15) is 0 Å². The van der Waals surface area contributed by atoms with E-state index in [1.807, 2.05) is 0 Å². The van der Waals surface area contributed by atoms with E-state index in [0.717, 1.165) is 6.07 Å². The summed E-state index contributed by atoms with van der Waals surface area (Å²) in [6.07, 6.45) is 0. The third-order valence-corrected chi connectivity index (χ3v) is 2.05. The Labute approximate surface area is 78.7 Å². The van der Waals surface area contributed by atoms with Crippen molar-refractivity contribution in [2.75, 3.05) is 0 Å². The SMILES string of the molecule is OB(O)c1c(Cl)ccc(F)c1Cl. The Hall–Kier alpha value is -0.285. The van der Waals surface area contributed by atoms with Gasteiger partial charge < -0.3 is 10.0 Å². The van der Waals surface area contributed by atoms with Crippen molar-refractivity contribution in [1.29, 1.82) is 0 Å². The van der Waals surface area contributed by atoms with Gasteiger partial charge >= 0.3 is 7.12 Å². The average Bonchev–Trinajstić information content (AvgIpc) is 1.97. The van der Waals surface area contributed by atoms with Gasteiger partial charge in [0.15, 0.2) is 0 Å². The van der Waals surface area contributed by atoms with E-state index in [2.05, 4.69) is 0 Å². The zero-order valence-corrected chi connectivity index (χ0v) is 7.27. The van der Waals surface area contributed by atoms with Crippen molar-refractivity contribution >= 4 is 35.8 Å². The second-order valence-corrected chi connectivity index (χ2v) is 2.92. The maximum Gasteiger partial charge on any atom is 0.491 e. The summed E-state index contributed by atoms with van der Waals surface area (Å²) in [6.45, 7) is 0. The quantitative estimate of drug-likeness (QED) is 0.530. The predicted octanol–water partition coefficient (Wildman–Crippen LogP) is 0.812. The maximum atomic E-state index is 12.7. The molecule has 0 heterocycles. The molecule has 2 nitrogen and oxygen atoms in total. The molecule has 0 spiro atoms. The fraction of sp³-hybridized carbons (Fsp3) is 0. The van der Waals surface area contributed by atoms with Gasteiger partial charge in [0.1, 0.15) is 5.82 Å². The first-order valence-electron chi connectivity index (χ1n) is 3.03. The van der Waals surface area contributed by atoms with E-state index in [-0.39, 0.29) is 15.5 Å². The van der Waals surface area contributed by atoms with Crippen molar-refractivity contribution in [3.8, 4) is 0 Å². The Morgan fingerprint density at radius 2 is 1.83 bits per heavy atom. The molecular weight excluding hydrogens is 205 g/mol. The molecule has 0 fully saturated rings. The number of halogens is 3. The topological polar surface area (TPSA) is 40.5 Å². The molecule has 0 bridgehead atoms. The third-order valence-electron chi connectivity index (χ3n) is 1.34. The highest BCUT2D eigenvalue weighted by molar-refractivity contribution is 6.66. The molecule has 0 aliphatic heterocycles. The van der Waals surface area contributed by atoms with E-state index in [9.17, 15) is 4.39 Å². The van der Waals surface area contributed by atoms with E-state index in [1.54, 1.807) is 0 Å². The fourth-order valence-electron chi connectivity index (χ4n) is 0.779. The molecule has 0 amide bonds. The molecular formula is C6H4BCl2FO2. The molecule has 12 heavy (non-hydrogen) atoms. The summed E-state index contributed by atoms with van der Waals surface area (Å²) in [7, 11) is -1.86. The predicted molar refractivity (Wildman–Crippen MR) is 46.2 cm³/mol. The molecule has 2 N–H and O–H groups in total. The van der Waals surface area contributed by atoms with Crippen molar-refractivity contribution in [1.82, 2.24) is 0 Å². The third kappa shape index (κ3) is 1.72. The molecule has 1 aromatic rings. The van der Waals surface area contributed by atoms with Gasteiger partial charge in [-0.1, -0.05) is 23.2 Å². The highest BCUT2D eigenvalue weighted by Gasteiger charge is 2.21. The van der Waals surface area contributed by atoms with Crippen molar-refractivity contribution in [2.45, 2.75) is 0 Å². The van der Waals surface area contributed by atoms with E-state index >= 15 is 0 Å². The lowest BCUT2D eigenvalue weighted by Gasteiger charge is -2.05. The molecule has 0 saturated carbocycles. The Balaban J connectivity index is 3.33. The number of rotatable bonds is 1. The first kappa shape index (κ1) is 9.80.